The van der Waals surface area contributed by atoms with Crippen LogP contribution >= 0.6 is 0 Å². The fraction of sp³-hybridized carbons (Fsp3) is 0.481. The number of carboxylic acid groups (broad SMARTS) is 1. The zero-order valence-electron chi connectivity index (χ0n) is 19.1. The molecule has 32 heavy (non-hydrogen) atoms. The van der Waals surface area contributed by atoms with Crippen LogP contribution in [0.1, 0.15) is 86.0 Å². The summed E-state index contributed by atoms with van der Waals surface area (Å²) in [5, 5.41) is 8.54. The van der Waals surface area contributed by atoms with E-state index in [1.807, 2.05) is 36.4 Å². The smallest absolute Gasteiger partial charge is 0.306 e. The monoisotopic (exact) mass is 436 g/mol. The minimum Gasteiger partial charge on any atom is -0.481 e. The highest BCUT2D eigenvalue weighted by molar-refractivity contribution is 6.05. The van der Waals surface area contributed by atoms with Crippen molar-refractivity contribution in [3.05, 3.63) is 59.7 Å². The van der Waals surface area contributed by atoms with Crippen molar-refractivity contribution >= 4 is 23.3 Å². The van der Waals surface area contributed by atoms with E-state index >= 15 is 0 Å². The molecule has 5 nitrogen and oxygen atoms in total. The topological polar surface area (TPSA) is 83.6 Å². The van der Waals surface area contributed by atoms with E-state index in [4.69, 9.17) is 10.8 Å². The third-order valence-corrected chi connectivity index (χ3v) is 6.77. The molecule has 0 saturated heterocycles. The highest BCUT2D eigenvalue weighted by atomic mass is 16.4. The van der Waals surface area contributed by atoms with Gasteiger partial charge in [-0.1, -0.05) is 50.7 Å². The molecule has 2 fully saturated rings. The molecule has 5 heteroatoms. The van der Waals surface area contributed by atoms with Gasteiger partial charge in [0.1, 0.15) is 0 Å². The molecule has 2 saturated carbocycles. The van der Waals surface area contributed by atoms with Crippen LogP contribution in [0.5, 0.6) is 0 Å². The van der Waals surface area contributed by atoms with E-state index in [1.54, 1.807) is 11.9 Å². The predicted octanol–water partition coefficient (Wildman–Crippen LogP) is 6.24. The number of amides is 1. The fourth-order valence-electron chi connectivity index (χ4n) is 4.69. The Labute approximate surface area is 191 Å². The molecule has 0 aromatic heterocycles. The van der Waals surface area contributed by atoms with Gasteiger partial charge in [-0.15, -0.1) is 0 Å². The first-order chi connectivity index (χ1) is 15.5. The van der Waals surface area contributed by atoms with Crippen LogP contribution in [0.4, 0.5) is 11.4 Å². The third-order valence-electron chi connectivity index (χ3n) is 6.77. The maximum Gasteiger partial charge on any atom is 0.306 e. The van der Waals surface area contributed by atoms with E-state index in [-0.39, 0.29) is 11.8 Å². The molecule has 0 radical (unpaired) electrons. The number of hydrogen-bond acceptors (Lipinski definition) is 3. The van der Waals surface area contributed by atoms with Gasteiger partial charge in [0.05, 0.1) is 5.92 Å². The Bertz CT molecular complexity index is 865. The Hall–Kier alpha value is -2.82. The molecular weight excluding hydrogens is 400 g/mol. The Morgan fingerprint density at radius 3 is 1.84 bits per heavy atom. The second-order valence-electron chi connectivity index (χ2n) is 9.09. The third kappa shape index (κ3) is 6.59. The quantitative estimate of drug-likeness (QED) is 0.555. The molecule has 2 aliphatic carbocycles. The van der Waals surface area contributed by atoms with Crippen LogP contribution in [0, 0.1) is 5.92 Å². The van der Waals surface area contributed by atoms with E-state index in [0.717, 1.165) is 36.9 Å². The number of rotatable bonds is 4. The van der Waals surface area contributed by atoms with Crippen molar-refractivity contribution in [3.63, 3.8) is 0 Å². The van der Waals surface area contributed by atoms with Crippen LogP contribution in [0.15, 0.2) is 48.5 Å². The first-order valence-corrected chi connectivity index (χ1v) is 11.9. The lowest BCUT2D eigenvalue weighted by Gasteiger charge is -2.22. The van der Waals surface area contributed by atoms with Gasteiger partial charge in [0.2, 0.25) is 0 Å². The summed E-state index contributed by atoms with van der Waals surface area (Å²) in [6, 6.07) is 15.5. The highest BCUT2D eigenvalue weighted by Crippen LogP contribution is 2.32. The van der Waals surface area contributed by atoms with Gasteiger partial charge in [0.25, 0.3) is 5.91 Å². The number of carboxylic acids is 1. The lowest BCUT2D eigenvalue weighted by Crippen LogP contribution is -2.26. The summed E-state index contributed by atoms with van der Waals surface area (Å²) >= 11 is 0. The summed E-state index contributed by atoms with van der Waals surface area (Å²) in [5.41, 5.74) is 9.34. The zero-order chi connectivity index (χ0) is 22.9. The summed E-state index contributed by atoms with van der Waals surface area (Å²) in [6.07, 6.45) is 11.8. The van der Waals surface area contributed by atoms with Crippen LogP contribution in [-0.4, -0.2) is 24.0 Å². The largest absolute Gasteiger partial charge is 0.481 e. The average molecular weight is 437 g/mol. The number of benzene rings is 2. The summed E-state index contributed by atoms with van der Waals surface area (Å²) in [5.74, 6) is 0.0427. The van der Waals surface area contributed by atoms with Crippen molar-refractivity contribution in [3.8, 4) is 0 Å². The second kappa shape index (κ2) is 11.7. The highest BCUT2D eigenvalue weighted by Gasteiger charge is 2.19. The summed E-state index contributed by atoms with van der Waals surface area (Å²) in [4.78, 5) is 24.6. The molecule has 0 heterocycles. The van der Waals surface area contributed by atoms with Crippen molar-refractivity contribution in [2.24, 2.45) is 5.92 Å². The molecule has 0 unspecified atom stereocenters. The summed E-state index contributed by atoms with van der Waals surface area (Å²) in [7, 11) is 1.79. The minimum atomic E-state index is -0.602. The molecule has 172 valence electrons. The van der Waals surface area contributed by atoms with Gasteiger partial charge in [0, 0.05) is 24.0 Å². The van der Waals surface area contributed by atoms with Gasteiger partial charge < -0.3 is 15.7 Å². The predicted molar refractivity (Wildman–Crippen MR) is 130 cm³/mol. The van der Waals surface area contributed by atoms with E-state index in [0.29, 0.717) is 11.6 Å². The van der Waals surface area contributed by atoms with Crippen molar-refractivity contribution in [1.29, 1.82) is 0 Å². The van der Waals surface area contributed by atoms with Crippen LogP contribution in [0.3, 0.4) is 0 Å². The van der Waals surface area contributed by atoms with Crippen LogP contribution in [0.25, 0.3) is 0 Å². The van der Waals surface area contributed by atoms with E-state index < -0.39 is 5.97 Å². The zero-order valence-corrected chi connectivity index (χ0v) is 19.1. The maximum absolute atomic E-state index is 12.6. The summed E-state index contributed by atoms with van der Waals surface area (Å²) in [6.45, 7) is 0. The lowest BCUT2D eigenvalue weighted by molar-refractivity contribution is -0.142. The number of nitrogens with zero attached hydrogens (tertiary/aromatic N) is 1. The number of anilines is 2. The van der Waals surface area contributed by atoms with Gasteiger partial charge in [-0.2, -0.15) is 0 Å². The standard InChI is InChI=1S/C20H24N2O.C7H12O2/c1-22(19-13-11-18(21)12-14-19)20(23)17-9-7-16(8-10-17)15-5-3-2-4-6-15;8-7(9)6-4-2-1-3-5-6/h7-15H,2-6,21H2,1H3;6H,1-5H2,(H,8,9). The van der Waals surface area contributed by atoms with Gasteiger partial charge in [-0.3, -0.25) is 9.59 Å². The number of carbonyl (C=O) groups is 2. The minimum absolute atomic E-state index is 0.00460. The van der Waals surface area contributed by atoms with E-state index in [2.05, 4.69) is 12.1 Å². The van der Waals surface area contributed by atoms with Gasteiger partial charge >= 0.3 is 5.97 Å². The molecule has 2 aromatic rings. The molecule has 3 N–H and O–H groups in total. The summed E-state index contributed by atoms with van der Waals surface area (Å²) < 4.78 is 0. The molecule has 0 bridgehead atoms. The number of aliphatic carboxylic acids is 1. The van der Waals surface area contributed by atoms with Crippen LogP contribution < -0.4 is 10.6 Å². The SMILES string of the molecule is CN(C(=O)c1ccc(C2CCCCC2)cc1)c1ccc(N)cc1.O=C(O)C1CCCCC1. The number of nitrogens with two attached hydrogens (primary N) is 1. The fourth-order valence-corrected chi connectivity index (χ4v) is 4.69. The average Bonchev–Trinajstić information content (AvgIpc) is 2.85. The molecule has 0 atom stereocenters. The number of carbonyl (C=O) groups excluding carboxylic acids is 1. The first kappa shape index (κ1) is 23.8. The molecular formula is C27H36N2O3. The van der Waals surface area contributed by atoms with E-state index in [1.165, 1.54) is 44.1 Å². The Kier molecular flexibility index (Phi) is 8.72. The Balaban J connectivity index is 0.000000269. The Morgan fingerprint density at radius 2 is 1.34 bits per heavy atom. The molecule has 2 aromatic carbocycles. The first-order valence-electron chi connectivity index (χ1n) is 11.9. The lowest BCUT2D eigenvalue weighted by atomic mass is 9.84. The van der Waals surface area contributed by atoms with Crippen molar-refractivity contribution in [2.45, 2.75) is 70.1 Å². The maximum atomic E-state index is 12.6. The number of hydrogen-bond donors (Lipinski definition) is 2. The normalized spacial score (nSPS) is 17.2. The van der Waals surface area contributed by atoms with Gasteiger partial charge in [-0.25, -0.2) is 0 Å². The van der Waals surface area contributed by atoms with Crippen molar-refractivity contribution < 1.29 is 14.7 Å². The van der Waals surface area contributed by atoms with Crippen molar-refractivity contribution in [1.82, 2.24) is 0 Å². The Morgan fingerprint density at radius 1 is 0.812 bits per heavy atom. The second-order valence-corrected chi connectivity index (χ2v) is 9.09. The molecule has 0 spiro atoms. The van der Waals surface area contributed by atoms with Crippen LogP contribution in [-0.2, 0) is 4.79 Å². The van der Waals surface area contributed by atoms with Crippen molar-refractivity contribution in [2.75, 3.05) is 17.7 Å². The van der Waals surface area contributed by atoms with Crippen LogP contribution in [0.2, 0.25) is 0 Å². The molecule has 2 aliphatic rings. The molecule has 0 aliphatic heterocycles. The van der Waals surface area contributed by atoms with Gasteiger partial charge in [0.15, 0.2) is 0 Å². The number of nitrogen functional groups attached to an aromatic ring is 1. The molecule has 1 amide bonds. The van der Waals surface area contributed by atoms with Gasteiger partial charge in [-0.05, 0) is 73.6 Å². The van der Waals surface area contributed by atoms with E-state index in [9.17, 15) is 9.59 Å². The molecule has 4 rings (SSSR count).